The van der Waals surface area contributed by atoms with Gasteiger partial charge in [-0.15, -0.1) is 5.10 Å². The van der Waals surface area contributed by atoms with E-state index < -0.39 is 0 Å². The summed E-state index contributed by atoms with van der Waals surface area (Å²) in [6, 6.07) is 2.14. The van der Waals surface area contributed by atoms with E-state index in [0.717, 1.165) is 15.9 Å². The second-order valence-corrected chi connectivity index (χ2v) is 5.30. The summed E-state index contributed by atoms with van der Waals surface area (Å²) < 4.78 is 3.44. The van der Waals surface area contributed by atoms with Crippen molar-refractivity contribution in [2.24, 2.45) is 0 Å². The van der Waals surface area contributed by atoms with Crippen molar-refractivity contribution in [1.29, 1.82) is 0 Å². The van der Waals surface area contributed by atoms with Crippen molar-refractivity contribution in [2.45, 2.75) is 37.0 Å². The predicted molar refractivity (Wildman–Crippen MR) is 67.8 cm³/mol. The highest BCUT2D eigenvalue weighted by atomic mass is 32.2. The third kappa shape index (κ3) is 2.16. The molecule has 0 atom stereocenters. The summed E-state index contributed by atoms with van der Waals surface area (Å²) in [6.45, 7) is 5.98. The zero-order chi connectivity index (χ0) is 13.4. The molecule has 0 saturated heterocycles. The van der Waals surface area contributed by atoms with Gasteiger partial charge in [0.15, 0.2) is 0 Å². The number of rotatable bonds is 3. The first kappa shape index (κ1) is 12.0. The van der Waals surface area contributed by atoms with Crippen LogP contribution < -0.4 is 0 Å². The van der Waals surface area contributed by atoms with Gasteiger partial charge in [-0.3, -0.25) is 0 Å². The Kier molecular flexibility index (Phi) is 2.90. The third-order valence-electron chi connectivity index (χ3n) is 2.49. The molecule has 0 unspecified atom stereocenters. The number of hydrogen-bond acceptors (Lipinski definition) is 7. The molecule has 0 bridgehead atoms. The number of aryl methyl sites for hydroxylation is 1. The van der Waals surface area contributed by atoms with E-state index in [0.29, 0.717) is 5.78 Å². The standard InChI is InChI=1S/C10H12N8S/c1-6(2)17-10(14-15-16-17)19-8-4-7(3)13-9-11-5-12-18(8)9/h4-6H,1-3H3. The third-order valence-corrected chi connectivity index (χ3v) is 3.45. The molecule has 0 amide bonds. The van der Waals surface area contributed by atoms with E-state index in [1.54, 1.807) is 9.20 Å². The maximum atomic E-state index is 4.30. The molecule has 0 spiro atoms. The Hall–Kier alpha value is -2.03. The number of aromatic nitrogens is 8. The Morgan fingerprint density at radius 1 is 1.32 bits per heavy atom. The highest BCUT2D eigenvalue weighted by Gasteiger charge is 2.14. The van der Waals surface area contributed by atoms with Gasteiger partial charge < -0.3 is 0 Å². The van der Waals surface area contributed by atoms with Crippen LogP contribution in [0.1, 0.15) is 25.6 Å². The normalized spacial score (nSPS) is 11.6. The second kappa shape index (κ2) is 4.57. The quantitative estimate of drug-likeness (QED) is 0.663. The fraction of sp³-hybridized carbons (Fsp3) is 0.400. The molecule has 3 rings (SSSR count). The van der Waals surface area contributed by atoms with Gasteiger partial charge in [0.1, 0.15) is 11.4 Å². The SMILES string of the molecule is Cc1cc(Sc2nnnn2C(C)C)n2ncnc2n1. The number of tetrazole rings is 1. The van der Waals surface area contributed by atoms with Crippen LogP contribution in [0.25, 0.3) is 5.78 Å². The van der Waals surface area contributed by atoms with Gasteiger partial charge in [0.25, 0.3) is 5.78 Å². The van der Waals surface area contributed by atoms with E-state index >= 15 is 0 Å². The van der Waals surface area contributed by atoms with Crippen molar-refractivity contribution in [2.75, 3.05) is 0 Å². The Morgan fingerprint density at radius 3 is 2.95 bits per heavy atom. The molecular weight excluding hydrogens is 264 g/mol. The molecule has 19 heavy (non-hydrogen) atoms. The van der Waals surface area contributed by atoms with Crippen LogP contribution in [0.5, 0.6) is 0 Å². The Morgan fingerprint density at radius 2 is 2.16 bits per heavy atom. The van der Waals surface area contributed by atoms with Crippen LogP contribution in [0.2, 0.25) is 0 Å². The molecule has 0 N–H and O–H groups in total. The molecule has 9 heteroatoms. The lowest BCUT2D eigenvalue weighted by Gasteiger charge is -2.07. The largest absolute Gasteiger partial charge is 0.253 e. The van der Waals surface area contributed by atoms with Gasteiger partial charge in [0.2, 0.25) is 5.16 Å². The van der Waals surface area contributed by atoms with Crippen LogP contribution >= 0.6 is 11.8 Å². The molecule has 0 aliphatic heterocycles. The van der Waals surface area contributed by atoms with E-state index in [1.165, 1.54) is 18.1 Å². The first-order valence-electron chi connectivity index (χ1n) is 5.78. The van der Waals surface area contributed by atoms with Gasteiger partial charge in [0, 0.05) is 5.69 Å². The smallest absolute Gasteiger partial charge is 0.218 e. The van der Waals surface area contributed by atoms with Crippen LogP contribution in [0, 0.1) is 6.92 Å². The highest BCUT2D eigenvalue weighted by Crippen LogP contribution is 2.26. The molecule has 0 radical (unpaired) electrons. The zero-order valence-electron chi connectivity index (χ0n) is 10.7. The summed E-state index contributed by atoms with van der Waals surface area (Å²) in [4.78, 5) is 8.40. The van der Waals surface area contributed by atoms with Crippen LogP contribution in [-0.2, 0) is 0 Å². The fourth-order valence-corrected chi connectivity index (χ4v) is 2.69. The molecule has 3 heterocycles. The lowest BCUT2D eigenvalue weighted by atomic mass is 10.4. The highest BCUT2D eigenvalue weighted by molar-refractivity contribution is 7.99. The van der Waals surface area contributed by atoms with Crippen LogP contribution in [0.4, 0.5) is 0 Å². The Bertz CT molecular complexity index is 715. The lowest BCUT2D eigenvalue weighted by Crippen LogP contribution is -2.05. The van der Waals surface area contributed by atoms with Gasteiger partial charge in [-0.05, 0) is 49.0 Å². The monoisotopic (exact) mass is 276 g/mol. The first-order valence-corrected chi connectivity index (χ1v) is 6.60. The van der Waals surface area contributed by atoms with Crippen molar-refractivity contribution >= 4 is 17.5 Å². The van der Waals surface area contributed by atoms with E-state index in [2.05, 4.69) is 30.6 Å². The molecular formula is C10H12N8S. The lowest BCUT2D eigenvalue weighted by molar-refractivity contribution is 0.477. The number of nitrogens with zero attached hydrogens (tertiary/aromatic N) is 8. The van der Waals surface area contributed by atoms with Crippen molar-refractivity contribution in [1.82, 2.24) is 39.8 Å². The zero-order valence-corrected chi connectivity index (χ0v) is 11.5. The fourth-order valence-electron chi connectivity index (χ4n) is 1.64. The first-order chi connectivity index (χ1) is 9.15. The van der Waals surface area contributed by atoms with Crippen molar-refractivity contribution in [3.05, 3.63) is 18.1 Å². The maximum Gasteiger partial charge on any atom is 0.253 e. The van der Waals surface area contributed by atoms with Gasteiger partial charge in [-0.2, -0.15) is 14.6 Å². The number of fused-ring (bicyclic) bond motifs is 1. The molecule has 3 aromatic rings. The van der Waals surface area contributed by atoms with E-state index in [4.69, 9.17) is 0 Å². The summed E-state index contributed by atoms with van der Waals surface area (Å²) >= 11 is 1.44. The van der Waals surface area contributed by atoms with E-state index in [-0.39, 0.29) is 6.04 Å². The molecule has 0 fully saturated rings. The van der Waals surface area contributed by atoms with Gasteiger partial charge in [-0.25, -0.2) is 9.67 Å². The molecule has 0 aliphatic rings. The van der Waals surface area contributed by atoms with Crippen LogP contribution in [0.15, 0.2) is 22.6 Å². The molecule has 0 aromatic carbocycles. The summed E-state index contributed by atoms with van der Waals surface area (Å²) in [5.74, 6) is 0.575. The summed E-state index contributed by atoms with van der Waals surface area (Å²) in [7, 11) is 0. The summed E-state index contributed by atoms with van der Waals surface area (Å²) in [5, 5.41) is 17.5. The van der Waals surface area contributed by atoms with Crippen LogP contribution in [0.3, 0.4) is 0 Å². The average molecular weight is 276 g/mol. The molecule has 3 aromatic heterocycles. The van der Waals surface area contributed by atoms with Crippen molar-refractivity contribution in [3.63, 3.8) is 0 Å². The van der Waals surface area contributed by atoms with Crippen molar-refractivity contribution < 1.29 is 0 Å². The molecule has 0 saturated carbocycles. The van der Waals surface area contributed by atoms with Gasteiger partial charge in [0.05, 0.1) is 6.04 Å². The minimum atomic E-state index is 0.201. The Labute approximate surface area is 113 Å². The van der Waals surface area contributed by atoms with Crippen LogP contribution in [-0.4, -0.2) is 39.8 Å². The number of hydrogen-bond donors (Lipinski definition) is 0. The minimum absolute atomic E-state index is 0.201. The summed E-state index contributed by atoms with van der Waals surface area (Å²) in [6.07, 6.45) is 1.48. The molecule has 0 aliphatic carbocycles. The van der Waals surface area contributed by atoms with Gasteiger partial charge in [-0.1, -0.05) is 0 Å². The van der Waals surface area contributed by atoms with Crippen molar-refractivity contribution in [3.8, 4) is 0 Å². The van der Waals surface area contributed by atoms with E-state index in [9.17, 15) is 0 Å². The maximum absolute atomic E-state index is 4.30. The van der Waals surface area contributed by atoms with E-state index in [1.807, 2.05) is 26.8 Å². The molecule has 98 valence electrons. The Balaban J connectivity index is 2.05. The average Bonchev–Trinajstić information content (AvgIpc) is 2.96. The van der Waals surface area contributed by atoms with Gasteiger partial charge >= 0.3 is 0 Å². The topological polar surface area (TPSA) is 86.7 Å². The molecule has 8 nitrogen and oxygen atoms in total. The minimum Gasteiger partial charge on any atom is -0.218 e. The summed E-state index contributed by atoms with van der Waals surface area (Å²) in [5.41, 5.74) is 0.881. The second-order valence-electron chi connectivity index (χ2n) is 4.31. The predicted octanol–water partition coefficient (Wildman–Crippen LogP) is 1.15.